The lowest BCUT2D eigenvalue weighted by atomic mass is 9.89. The molecular weight excluding hydrogens is 176 g/mol. The van der Waals surface area contributed by atoms with E-state index in [1.54, 1.807) is 0 Å². The summed E-state index contributed by atoms with van der Waals surface area (Å²) in [5, 5.41) is 3.55. The van der Waals surface area contributed by atoms with Crippen LogP contribution in [0.25, 0.3) is 0 Å². The van der Waals surface area contributed by atoms with Crippen LogP contribution in [0.15, 0.2) is 0 Å². The quantitative estimate of drug-likeness (QED) is 0.666. The topological polar surface area (TPSA) is 24.5 Å². The van der Waals surface area contributed by atoms with Crippen LogP contribution in [0.4, 0.5) is 0 Å². The number of ether oxygens (including phenoxy) is 1. The Balaban J connectivity index is 1.90. The van der Waals surface area contributed by atoms with Crippen molar-refractivity contribution in [1.82, 2.24) is 10.2 Å². The zero-order valence-corrected chi connectivity index (χ0v) is 9.75. The van der Waals surface area contributed by atoms with Gasteiger partial charge in [0.2, 0.25) is 0 Å². The molecule has 0 radical (unpaired) electrons. The third kappa shape index (κ3) is 3.95. The van der Waals surface area contributed by atoms with Gasteiger partial charge in [0.15, 0.2) is 0 Å². The maximum Gasteiger partial charge on any atom is 0.0604 e. The van der Waals surface area contributed by atoms with Crippen LogP contribution in [-0.2, 0) is 4.74 Å². The molecule has 0 saturated heterocycles. The van der Waals surface area contributed by atoms with Crippen molar-refractivity contribution in [3.05, 3.63) is 0 Å². The summed E-state index contributed by atoms with van der Waals surface area (Å²) in [4.78, 5) is 2.33. The van der Waals surface area contributed by atoms with E-state index in [4.69, 9.17) is 4.74 Å². The molecule has 1 N–H and O–H groups in total. The Bertz CT molecular complexity index is 146. The van der Waals surface area contributed by atoms with Crippen LogP contribution in [0.2, 0.25) is 0 Å². The summed E-state index contributed by atoms with van der Waals surface area (Å²) in [5.74, 6) is 0. The van der Waals surface area contributed by atoms with Crippen molar-refractivity contribution in [2.75, 3.05) is 33.3 Å². The number of nitrogens with one attached hydrogen (secondary N) is 1. The van der Waals surface area contributed by atoms with Gasteiger partial charge in [-0.25, -0.2) is 0 Å². The Hall–Kier alpha value is -0.120. The Labute approximate surface area is 87.8 Å². The average Bonchev–Trinajstić information content (AvgIpc) is 2.13. The van der Waals surface area contributed by atoms with Gasteiger partial charge in [-0.05, 0) is 33.4 Å². The minimum Gasteiger partial charge on any atom is -0.378 e. The fourth-order valence-corrected chi connectivity index (χ4v) is 1.72. The highest BCUT2D eigenvalue weighted by molar-refractivity contribution is 4.85. The molecule has 1 aliphatic rings. The second-order valence-corrected chi connectivity index (χ2v) is 4.10. The lowest BCUT2D eigenvalue weighted by Gasteiger charge is -2.35. The third-order valence-electron chi connectivity index (χ3n) is 2.96. The largest absolute Gasteiger partial charge is 0.378 e. The molecule has 84 valence electrons. The van der Waals surface area contributed by atoms with E-state index in [1.165, 1.54) is 12.8 Å². The predicted octanol–water partition coefficient (Wildman–Crippen LogP) is 1.10. The summed E-state index contributed by atoms with van der Waals surface area (Å²) in [6.07, 6.45) is 2.93. The van der Waals surface area contributed by atoms with E-state index in [9.17, 15) is 0 Å². The molecule has 14 heavy (non-hydrogen) atoms. The Morgan fingerprint density at radius 2 is 2.07 bits per heavy atom. The number of nitrogens with zero attached hydrogens (tertiary/aromatic N) is 1. The van der Waals surface area contributed by atoms with Gasteiger partial charge in [0.05, 0.1) is 6.10 Å². The summed E-state index contributed by atoms with van der Waals surface area (Å²) in [7, 11) is 2.16. The van der Waals surface area contributed by atoms with Gasteiger partial charge in [0, 0.05) is 25.7 Å². The molecule has 0 bridgehead atoms. The lowest BCUT2D eigenvalue weighted by Crippen LogP contribution is -2.47. The van der Waals surface area contributed by atoms with Gasteiger partial charge < -0.3 is 15.0 Å². The van der Waals surface area contributed by atoms with Gasteiger partial charge >= 0.3 is 0 Å². The van der Waals surface area contributed by atoms with Gasteiger partial charge in [-0.2, -0.15) is 0 Å². The van der Waals surface area contributed by atoms with E-state index in [0.717, 1.165) is 26.2 Å². The fourth-order valence-electron chi connectivity index (χ4n) is 1.72. The molecular formula is C11H24N2O. The standard InChI is InChI=1S/C11H24N2O/c1-4-13(3)7-6-12-10-8-11(9-10)14-5-2/h10-12H,4-9H2,1-3H3. The molecule has 0 unspecified atom stereocenters. The molecule has 0 aromatic rings. The zero-order chi connectivity index (χ0) is 10.4. The van der Waals surface area contributed by atoms with E-state index in [0.29, 0.717) is 12.1 Å². The molecule has 3 nitrogen and oxygen atoms in total. The first-order valence-corrected chi connectivity index (χ1v) is 5.79. The van der Waals surface area contributed by atoms with Crippen LogP contribution in [0.5, 0.6) is 0 Å². The minimum absolute atomic E-state index is 0.529. The number of hydrogen-bond acceptors (Lipinski definition) is 3. The van der Waals surface area contributed by atoms with Crippen LogP contribution >= 0.6 is 0 Å². The van der Waals surface area contributed by atoms with Crippen LogP contribution in [-0.4, -0.2) is 50.3 Å². The SMILES string of the molecule is CCOC1CC(NCCN(C)CC)C1. The normalized spacial score (nSPS) is 26.6. The summed E-state index contributed by atoms with van der Waals surface area (Å²) in [6.45, 7) is 8.50. The summed E-state index contributed by atoms with van der Waals surface area (Å²) in [5.41, 5.74) is 0. The molecule has 0 amide bonds. The maximum absolute atomic E-state index is 5.51. The first kappa shape index (κ1) is 12.0. The Morgan fingerprint density at radius 3 is 2.64 bits per heavy atom. The second-order valence-electron chi connectivity index (χ2n) is 4.10. The average molecular weight is 200 g/mol. The smallest absolute Gasteiger partial charge is 0.0604 e. The molecule has 1 fully saturated rings. The highest BCUT2D eigenvalue weighted by atomic mass is 16.5. The molecule has 1 aliphatic carbocycles. The van der Waals surface area contributed by atoms with Crippen LogP contribution in [0.1, 0.15) is 26.7 Å². The molecule has 1 rings (SSSR count). The van der Waals surface area contributed by atoms with Gasteiger partial charge in [0.25, 0.3) is 0 Å². The second kappa shape index (κ2) is 6.38. The first-order valence-electron chi connectivity index (χ1n) is 5.79. The first-order chi connectivity index (χ1) is 6.76. The fraction of sp³-hybridized carbons (Fsp3) is 1.00. The minimum atomic E-state index is 0.529. The Kier molecular flexibility index (Phi) is 5.45. The van der Waals surface area contributed by atoms with E-state index in [1.807, 2.05) is 0 Å². The predicted molar refractivity (Wildman–Crippen MR) is 59.6 cm³/mol. The molecule has 0 aromatic heterocycles. The molecule has 0 aromatic carbocycles. The van der Waals surface area contributed by atoms with Crippen molar-refractivity contribution < 1.29 is 4.74 Å². The van der Waals surface area contributed by atoms with Crippen LogP contribution in [0, 0.1) is 0 Å². The Morgan fingerprint density at radius 1 is 1.36 bits per heavy atom. The summed E-state index contributed by atoms with van der Waals surface area (Å²) in [6, 6.07) is 0.705. The van der Waals surface area contributed by atoms with Crippen LogP contribution in [0.3, 0.4) is 0 Å². The monoisotopic (exact) mass is 200 g/mol. The van der Waals surface area contributed by atoms with Gasteiger partial charge in [-0.1, -0.05) is 6.92 Å². The molecule has 1 saturated carbocycles. The number of likely N-dealkylation sites (N-methyl/N-ethyl adjacent to an activating group) is 1. The zero-order valence-electron chi connectivity index (χ0n) is 9.75. The molecule has 0 atom stereocenters. The lowest BCUT2D eigenvalue weighted by molar-refractivity contribution is -0.00999. The number of hydrogen-bond donors (Lipinski definition) is 1. The van der Waals surface area contributed by atoms with Crippen molar-refractivity contribution in [2.45, 2.75) is 38.8 Å². The summed E-state index contributed by atoms with van der Waals surface area (Å²) >= 11 is 0. The van der Waals surface area contributed by atoms with Crippen LogP contribution < -0.4 is 5.32 Å². The van der Waals surface area contributed by atoms with Crippen molar-refractivity contribution in [2.24, 2.45) is 0 Å². The number of rotatable bonds is 7. The van der Waals surface area contributed by atoms with Crippen molar-refractivity contribution in [1.29, 1.82) is 0 Å². The summed E-state index contributed by atoms with van der Waals surface area (Å²) < 4.78 is 5.51. The molecule has 0 spiro atoms. The van der Waals surface area contributed by atoms with Crippen molar-refractivity contribution in [3.63, 3.8) is 0 Å². The van der Waals surface area contributed by atoms with Crippen molar-refractivity contribution >= 4 is 0 Å². The van der Waals surface area contributed by atoms with E-state index in [2.05, 4.69) is 31.1 Å². The van der Waals surface area contributed by atoms with E-state index < -0.39 is 0 Å². The third-order valence-corrected chi connectivity index (χ3v) is 2.96. The van der Waals surface area contributed by atoms with E-state index >= 15 is 0 Å². The maximum atomic E-state index is 5.51. The molecule has 3 heteroatoms. The van der Waals surface area contributed by atoms with Crippen molar-refractivity contribution in [3.8, 4) is 0 Å². The highest BCUT2D eigenvalue weighted by Crippen LogP contribution is 2.22. The van der Waals surface area contributed by atoms with Gasteiger partial charge in [0.1, 0.15) is 0 Å². The van der Waals surface area contributed by atoms with Gasteiger partial charge in [-0.3, -0.25) is 0 Å². The molecule has 0 aliphatic heterocycles. The molecule has 0 heterocycles. The highest BCUT2D eigenvalue weighted by Gasteiger charge is 2.28. The van der Waals surface area contributed by atoms with E-state index in [-0.39, 0.29) is 0 Å². The van der Waals surface area contributed by atoms with Gasteiger partial charge in [-0.15, -0.1) is 0 Å².